The first-order chi connectivity index (χ1) is 16.0. The van der Waals surface area contributed by atoms with Crippen LogP contribution in [0, 0.1) is 15.9 Å². The first-order valence-corrected chi connectivity index (χ1v) is 11.3. The molecule has 0 saturated carbocycles. The Kier molecular flexibility index (Phi) is 5.37. The van der Waals surface area contributed by atoms with Crippen molar-refractivity contribution in [1.82, 2.24) is 4.98 Å². The molecule has 2 heterocycles. The second kappa shape index (κ2) is 8.49. The molecule has 5 rings (SSSR count). The van der Waals surface area contributed by atoms with Gasteiger partial charge in [0.2, 0.25) is 5.13 Å². The van der Waals surface area contributed by atoms with Crippen molar-refractivity contribution in [2.75, 3.05) is 5.01 Å². The van der Waals surface area contributed by atoms with Gasteiger partial charge in [0, 0.05) is 11.6 Å². The van der Waals surface area contributed by atoms with E-state index in [0.29, 0.717) is 20.7 Å². The normalized spacial score (nSPS) is 11.4. The van der Waals surface area contributed by atoms with Crippen LogP contribution in [-0.2, 0) is 0 Å². The van der Waals surface area contributed by atoms with E-state index in [2.05, 4.69) is 10.1 Å². The number of thiophene rings is 1. The lowest BCUT2D eigenvalue weighted by molar-refractivity contribution is -0.380. The Balaban J connectivity index is 1.61. The van der Waals surface area contributed by atoms with E-state index in [1.807, 2.05) is 30.3 Å². The molecule has 0 bridgehead atoms. The van der Waals surface area contributed by atoms with Crippen LogP contribution >= 0.6 is 22.7 Å². The fourth-order valence-corrected chi connectivity index (χ4v) is 4.95. The Morgan fingerprint density at radius 3 is 2.70 bits per heavy atom. The molecule has 0 fully saturated rings. The predicted molar refractivity (Wildman–Crippen MR) is 129 cm³/mol. The van der Waals surface area contributed by atoms with E-state index in [1.54, 1.807) is 18.2 Å². The Hall–Kier alpha value is -4.02. The number of fused-ring (bicyclic) bond motifs is 2. The molecule has 0 aliphatic carbocycles. The lowest BCUT2D eigenvalue weighted by Crippen LogP contribution is -2.25. The zero-order valence-electron chi connectivity index (χ0n) is 16.7. The monoisotopic (exact) mass is 476 g/mol. The average molecular weight is 477 g/mol. The predicted octanol–water partition coefficient (Wildman–Crippen LogP) is 6.24. The molecule has 0 atom stereocenters. The summed E-state index contributed by atoms with van der Waals surface area (Å²) < 4.78 is 14.3. The summed E-state index contributed by atoms with van der Waals surface area (Å²) >= 11 is 2.07. The average Bonchev–Trinajstić information content (AvgIpc) is 3.46. The van der Waals surface area contributed by atoms with Gasteiger partial charge in [0.1, 0.15) is 5.82 Å². The number of nitrogens with zero attached hydrogens (tertiary/aromatic N) is 4. The van der Waals surface area contributed by atoms with E-state index in [-0.39, 0.29) is 10.1 Å². The molecule has 0 spiro atoms. The van der Waals surface area contributed by atoms with Crippen molar-refractivity contribution in [3.63, 3.8) is 0 Å². The first-order valence-electron chi connectivity index (χ1n) is 9.66. The number of thiazole rings is 1. The van der Waals surface area contributed by atoms with Gasteiger partial charge in [-0.1, -0.05) is 59.1 Å². The number of aromatic nitrogens is 1. The summed E-state index contributed by atoms with van der Waals surface area (Å²) in [6.07, 6.45) is 1.38. The second-order valence-electron chi connectivity index (χ2n) is 6.93. The van der Waals surface area contributed by atoms with E-state index in [4.69, 9.17) is 0 Å². The number of rotatable bonds is 5. The summed E-state index contributed by atoms with van der Waals surface area (Å²) in [5.74, 6) is -0.826. The third-order valence-electron chi connectivity index (χ3n) is 4.83. The maximum Gasteiger partial charge on any atom is 0.324 e. The van der Waals surface area contributed by atoms with E-state index >= 15 is 0 Å². The van der Waals surface area contributed by atoms with Crippen LogP contribution in [0.25, 0.3) is 21.0 Å². The summed E-state index contributed by atoms with van der Waals surface area (Å²) in [6.45, 7) is 0. The molecule has 10 heteroatoms. The molecule has 3 aromatic carbocycles. The standard InChI is InChI=1S/C23H13FN4O3S2/c24-15-8-10-19-20(12-15)33-23(26-19)27(25-13-16-9-11-21(32-16)28(30)31)22(29)18-7-3-5-14-4-1-2-6-17(14)18/h1-13H/b25-13+. The number of nitro groups is 1. The van der Waals surface area contributed by atoms with Gasteiger partial charge in [0.15, 0.2) is 0 Å². The zero-order chi connectivity index (χ0) is 22.9. The van der Waals surface area contributed by atoms with Gasteiger partial charge in [-0.25, -0.2) is 9.37 Å². The highest BCUT2D eigenvalue weighted by Gasteiger charge is 2.23. The van der Waals surface area contributed by atoms with Gasteiger partial charge in [-0.15, -0.1) is 0 Å². The molecule has 0 unspecified atom stereocenters. The molecular formula is C23H13FN4O3S2. The van der Waals surface area contributed by atoms with Crippen LogP contribution in [0.5, 0.6) is 0 Å². The maximum atomic E-state index is 13.7. The van der Waals surface area contributed by atoms with E-state index in [1.165, 1.54) is 30.5 Å². The van der Waals surface area contributed by atoms with Crippen LogP contribution in [0.1, 0.15) is 15.2 Å². The van der Waals surface area contributed by atoms with E-state index in [0.717, 1.165) is 38.5 Å². The summed E-state index contributed by atoms with van der Waals surface area (Å²) in [5, 5.41) is 18.4. The van der Waals surface area contributed by atoms with Crippen LogP contribution in [0.4, 0.5) is 14.5 Å². The van der Waals surface area contributed by atoms with Gasteiger partial charge >= 0.3 is 5.00 Å². The van der Waals surface area contributed by atoms with Crippen molar-refractivity contribution in [2.24, 2.45) is 5.10 Å². The number of carbonyl (C=O) groups excluding carboxylic acids is 1. The lowest BCUT2D eigenvalue weighted by Gasteiger charge is -2.15. The molecule has 1 amide bonds. The Morgan fingerprint density at radius 2 is 1.88 bits per heavy atom. The number of anilines is 1. The summed E-state index contributed by atoms with van der Waals surface area (Å²) in [6, 6.07) is 20.0. The fourth-order valence-electron chi connectivity index (χ4n) is 3.32. The molecular weight excluding hydrogens is 463 g/mol. The first kappa shape index (κ1) is 20.9. The Morgan fingerprint density at radius 1 is 1.06 bits per heavy atom. The van der Waals surface area contributed by atoms with Crippen molar-refractivity contribution in [2.45, 2.75) is 0 Å². The van der Waals surface area contributed by atoms with Crippen molar-refractivity contribution < 1.29 is 14.1 Å². The third-order valence-corrected chi connectivity index (χ3v) is 6.79. The zero-order valence-corrected chi connectivity index (χ0v) is 18.3. The molecule has 7 nitrogen and oxygen atoms in total. The van der Waals surface area contributed by atoms with Crippen molar-refractivity contribution in [3.8, 4) is 0 Å². The minimum absolute atomic E-state index is 0.0288. The number of benzene rings is 3. The number of halogens is 1. The highest BCUT2D eigenvalue weighted by Crippen LogP contribution is 2.32. The molecule has 2 aromatic heterocycles. The van der Waals surface area contributed by atoms with Gasteiger partial charge in [-0.3, -0.25) is 14.9 Å². The van der Waals surface area contributed by atoms with Crippen molar-refractivity contribution in [3.05, 3.63) is 99.2 Å². The number of hydrogen-bond acceptors (Lipinski definition) is 7. The molecule has 0 saturated heterocycles. The van der Waals surface area contributed by atoms with Gasteiger partial charge in [-0.2, -0.15) is 10.1 Å². The van der Waals surface area contributed by atoms with E-state index < -0.39 is 16.6 Å². The van der Waals surface area contributed by atoms with Crippen LogP contribution in [0.3, 0.4) is 0 Å². The van der Waals surface area contributed by atoms with E-state index in [9.17, 15) is 19.3 Å². The fraction of sp³-hybridized carbons (Fsp3) is 0. The number of hydrogen-bond donors (Lipinski definition) is 0. The van der Waals surface area contributed by atoms with Crippen LogP contribution in [0.2, 0.25) is 0 Å². The number of carbonyl (C=O) groups is 1. The smallest absolute Gasteiger partial charge is 0.267 e. The molecule has 162 valence electrons. The summed E-state index contributed by atoms with van der Waals surface area (Å²) in [4.78, 5) is 29.1. The highest BCUT2D eigenvalue weighted by molar-refractivity contribution is 7.22. The van der Waals surface area contributed by atoms with Crippen molar-refractivity contribution >= 4 is 65.9 Å². The van der Waals surface area contributed by atoms with Gasteiger partial charge in [-0.05, 0) is 41.1 Å². The van der Waals surface area contributed by atoms with Crippen LogP contribution in [0.15, 0.2) is 77.9 Å². The summed E-state index contributed by atoms with van der Waals surface area (Å²) in [7, 11) is 0. The van der Waals surface area contributed by atoms with Gasteiger partial charge in [0.05, 0.1) is 26.2 Å². The van der Waals surface area contributed by atoms with Crippen LogP contribution in [-0.4, -0.2) is 22.0 Å². The largest absolute Gasteiger partial charge is 0.324 e. The SMILES string of the molecule is O=C(c1cccc2ccccc12)N(/N=C/c1ccc([N+](=O)[O-])s1)c1nc2ccc(F)cc2s1. The third kappa shape index (κ3) is 4.09. The molecule has 0 N–H and O–H groups in total. The minimum Gasteiger partial charge on any atom is -0.267 e. The molecule has 0 aliphatic heterocycles. The minimum atomic E-state index is -0.483. The number of amides is 1. The maximum absolute atomic E-state index is 13.7. The quantitative estimate of drug-likeness (QED) is 0.171. The number of hydrazone groups is 1. The second-order valence-corrected chi connectivity index (χ2v) is 9.03. The van der Waals surface area contributed by atoms with Crippen LogP contribution < -0.4 is 5.01 Å². The molecule has 33 heavy (non-hydrogen) atoms. The van der Waals surface area contributed by atoms with Gasteiger partial charge in [0.25, 0.3) is 5.91 Å². The van der Waals surface area contributed by atoms with Gasteiger partial charge < -0.3 is 0 Å². The Bertz CT molecular complexity index is 1550. The van der Waals surface area contributed by atoms with Crippen molar-refractivity contribution in [1.29, 1.82) is 0 Å². The molecule has 0 radical (unpaired) electrons. The Labute approximate surface area is 194 Å². The molecule has 5 aromatic rings. The molecule has 0 aliphatic rings. The topological polar surface area (TPSA) is 88.7 Å². The highest BCUT2D eigenvalue weighted by atomic mass is 32.1. The summed E-state index contributed by atoms with van der Waals surface area (Å²) in [5.41, 5.74) is 0.960. The lowest BCUT2D eigenvalue weighted by atomic mass is 10.0.